The second kappa shape index (κ2) is 5.32. The first-order chi connectivity index (χ1) is 8.63. The number of hydrogen-bond donors (Lipinski definition) is 1. The van der Waals surface area contributed by atoms with Crippen molar-refractivity contribution < 1.29 is 4.74 Å². The Morgan fingerprint density at radius 1 is 1.50 bits per heavy atom. The third-order valence-electron chi connectivity index (χ3n) is 2.71. The normalized spacial score (nSPS) is 10.8. The zero-order valence-corrected chi connectivity index (χ0v) is 11.2. The monoisotopic (exact) mass is 265 g/mol. The van der Waals surface area contributed by atoms with E-state index in [2.05, 4.69) is 4.98 Å². The van der Waals surface area contributed by atoms with Gasteiger partial charge >= 0.3 is 0 Å². The van der Waals surface area contributed by atoms with E-state index in [1.165, 1.54) is 11.3 Å². The Balaban J connectivity index is 2.47. The zero-order chi connectivity index (χ0) is 13.1. The Morgan fingerprint density at radius 2 is 2.28 bits per heavy atom. The molecule has 0 atom stereocenters. The van der Waals surface area contributed by atoms with Gasteiger partial charge in [-0.1, -0.05) is 0 Å². The molecule has 96 valence electrons. The highest BCUT2D eigenvalue weighted by molar-refractivity contribution is 7.13. The van der Waals surface area contributed by atoms with E-state index in [0.29, 0.717) is 29.5 Å². The van der Waals surface area contributed by atoms with E-state index in [4.69, 9.17) is 10.5 Å². The van der Waals surface area contributed by atoms with Gasteiger partial charge in [-0.2, -0.15) is 0 Å². The molecule has 0 aliphatic heterocycles. The number of nitrogens with zero attached hydrogens (tertiary/aromatic N) is 2. The second-order valence-corrected chi connectivity index (χ2v) is 4.80. The molecule has 0 spiro atoms. The molecule has 2 aromatic rings. The minimum absolute atomic E-state index is 0.0580. The molecule has 0 bridgehead atoms. The molecule has 0 aliphatic carbocycles. The van der Waals surface area contributed by atoms with Crippen molar-refractivity contribution in [3.63, 3.8) is 0 Å². The summed E-state index contributed by atoms with van der Waals surface area (Å²) >= 11 is 1.33. The first kappa shape index (κ1) is 12.8. The second-order valence-electron chi connectivity index (χ2n) is 3.91. The fourth-order valence-electron chi connectivity index (χ4n) is 1.74. The summed E-state index contributed by atoms with van der Waals surface area (Å²) in [5.41, 5.74) is 7.65. The average Bonchev–Trinajstić information content (AvgIpc) is 2.76. The fraction of sp³-hybridized carbons (Fsp3) is 0.333. The van der Waals surface area contributed by atoms with Gasteiger partial charge in [0.05, 0.1) is 17.9 Å². The number of aryl methyl sites for hydroxylation is 1. The summed E-state index contributed by atoms with van der Waals surface area (Å²) in [5.74, 6) is 0. The summed E-state index contributed by atoms with van der Waals surface area (Å²) in [4.78, 5) is 16.5. The van der Waals surface area contributed by atoms with Gasteiger partial charge in [-0.3, -0.25) is 4.79 Å². The number of rotatable bonds is 4. The van der Waals surface area contributed by atoms with E-state index in [9.17, 15) is 4.79 Å². The first-order valence-electron chi connectivity index (χ1n) is 5.54. The molecule has 0 amide bonds. The Morgan fingerprint density at radius 3 is 2.89 bits per heavy atom. The average molecular weight is 265 g/mol. The Labute approximate surface area is 109 Å². The van der Waals surface area contributed by atoms with Crippen LogP contribution >= 0.6 is 11.3 Å². The maximum atomic E-state index is 12.3. The predicted octanol–water partition coefficient (Wildman–Crippen LogP) is 1.51. The van der Waals surface area contributed by atoms with E-state index >= 15 is 0 Å². The summed E-state index contributed by atoms with van der Waals surface area (Å²) < 4.78 is 6.70. The highest BCUT2D eigenvalue weighted by Crippen LogP contribution is 2.20. The van der Waals surface area contributed by atoms with Crippen molar-refractivity contribution in [1.82, 2.24) is 9.55 Å². The molecule has 2 aromatic heterocycles. The lowest BCUT2D eigenvalue weighted by Crippen LogP contribution is -2.25. The van der Waals surface area contributed by atoms with Gasteiger partial charge in [0.15, 0.2) is 5.13 Å². The number of nitrogen functional groups attached to an aromatic ring is 1. The number of nitrogens with two attached hydrogens (primary N) is 1. The van der Waals surface area contributed by atoms with Crippen LogP contribution in [0.15, 0.2) is 22.3 Å². The molecule has 18 heavy (non-hydrogen) atoms. The van der Waals surface area contributed by atoms with E-state index in [1.54, 1.807) is 23.1 Å². The van der Waals surface area contributed by atoms with Crippen LogP contribution in [0.3, 0.4) is 0 Å². The van der Waals surface area contributed by atoms with Gasteiger partial charge in [0, 0.05) is 24.7 Å². The third kappa shape index (κ3) is 2.44. The molecule has 0 saturated heterocycles. The standard InChI is InChI=1S/C12H15N3O2S/c1-8-3-4-9(10-7-18-12(13)14-10)11(16)15(8)5-6-17-2/h3-4,7H,5-6H2,1-2H3,(H2,13,14). The quantitative estimate of drug-likeness (QED) is 0.909. The van der Waals surface area contributed by atoms with Gasteiger partial charge in [-0.25, -0.2) is 4.98 Å². The molecular weight excluding hydrogens is 250 g/mol. The zero-order valence-electron chi connectivity index (χ0n) is 10.3. The maximum Gasteiger partial charge on any atom is 0.260 e. The topological polar surface area (TPSA) is 70.1 Å². The summed E-state index contributed by atoms with van der Waals surface area (Å²) in [6.45, 7) is 2.94. The van der Waals surface area contributed by atoms with Gasteiger partial charge in [0.2, 0.25) is 0 Å². The van der Waals surface area contributed by atoms with Crippen molar-refractivity contribution in [3.05, 3.63) is 33.6 Å². The smallest absolute Gasteiger partial charge is 0.260 e. The summed E-state index contributed by atoms with van der Waals surface area (Å²) in [6.07, 6.45) is 0. The molecule has 2 rings (SSSR count). The predicted molar refractivity (Wildman–Crippen MR) is 72.8 cm³/mol. The lowest BCUT2D eigenvalue weighted by atomic mass is 10.2. The molecule has 0 unspecified atom stereocenters. The van der Waals surface area contributed by atoms with Crippen molar-refractivity contribution in [2.24, 2.45) is 0 Å². The van der Waals surface area contributed by atoms with Crippen LogP contribution in [0.4, 0.5) is 5.13 Å². The van der Waals surface area contributed by atoms with Gasteiger partial charge in [0.1, 0.15) is 0 Å². The minimum Gasteiger partial charge on any atom is -0.383 e. The molecule has 0 saturated carbocycles. The molecule has 2 heterocycles. The summed E-state index contributed by atoms with van der Waals surface area (Å²) in [5, 5.41) is 2.26. The maximum absolute atomic E-state index is 12.3. The van der Waals surface area contributed by atoms with Crippen LogP contribution in [-0.2, 0) is 11.3 Å². The fourth-order valence-corrected chi connectivity index (χ4v) is 2.30. The lowest BCUT2D eigenvalue weighted by molar-refractivity contribution is 0.185. The summed E-state index contributed by atoms with van der Waals surface area (Å²) in [7, 11) is 1.62. The number of thiazole rings is 1. The number of anilines is 1. The number of methoxy groups -OCH3 is 1. The van der Waals surface area contributed by atoms with Gasteiger partial charge in [-0.05, 0) is 19.1 Å². The molecule has 0 aromatic carbocycles. The summed E-state index contributed by atoms with van der Waals surface area (Å²) in [6, 6.07) is 3.69. The SMILES string of the molecule is COCCn1c(C)ccc(-c2csc(N)n2)c1=O. The Hall–Kier alpha value is -1.66. The molecule has 0 aliphatic rings. The molecule has 5 nitrogen and oxygen atoms in total. The molecule has 0 radical (unpaired) electrons. The van der Waals surface area contributed by atoms with E-state index < -0.39 is 0 Å². The lowest BCUT2D eigenvalue weighted by Gasteiger charge is -2.10. The number of aromatic nitrogens is 2. The number of hydrogen-bond acceptors (Lipinski definition) is 5. The van der Waals surface area contributed by atoms with E-state index in [-0.39, 0.29) is 5.56 Å². The number of ether oxygens (including phenoxy) is 1. The first-order valence-corrected chi connectivity index (χ1v) is 6.42. The highest BCUT2D eigenvalue weighted by atomic mass is 32.1. The van der Waals surface area contributed by atoms with E-state index in [0.717, 1.165) is 5.69 Å². The number of pyridine rings is 1. The van der Waals surface area contributed by atoms with Crippen molar-refractivity contribution in [2.45, 2.75) is 13.5 Å². The van der Waals surface area contributed by atoms with Crippen LogP contribution in [0, 0.1) is 6.92 Å². The van der Waals surface area contributed by atoms with Crippen molar-refractivity contribution in [1.29, 1.82) is 0 Å². The molecule has 6 heteroatoms. The van der Waals surface area contributed by atoms with Crippen LogP contribution in [0.2, 0.25) is 0 Å². The molecule has 2 N–H and O–H groups in total. The van der Waals surface area contributed by atoms with Crippen LogP contribution in [0.1, 0.15) is 5.69 Å². The Bertz CT molecular complexity index is 604. The van der Waals surface area contributed by atoms with Gasteiger partial charge in [-0.15, -0.1) is 11.3 Å². The van der Waals surface area contributed by atoms with Crippen molar-refractivity contribution in [3.8, 4) is 11.3 Å². The molecule has 0 fully saturated rings. The largest absolute Gasteiger partial charge is 0.383 e. The van der Waals surface area contributed by atoms with E-state index in [1.807, 2.05) is 13.0 Å². The van der Waals surface area contributed by atoms with Crippen LogP contribution in [0.25, 0.3) is 11.3 Å². The van der Waals surface area contributed by atoms with Crippen LogP contribution in [0.5, 0.6) is 0 Å². The van der Waals surface area contributed by atoms with Gasteiger partial charge in [0.25, 0.3) is 5.56 Å². The van der Waals surface area contributed by atoms with Crippen molar-refractivity contribution >= 4 is 16.5 Å². The van der Waals surface area contributed by atoms with Crippen LogP contribution < -0.4 is 11.3 Å². The van der Waals surface area contributed by atoms with Gasteiger partial charge < -0.3 is 15.0 Å². The van der Waals surface area contributed by atoms with Crippen LogP contribution in [-0.4, -0.2) is 23.3 Å². The molecular formula is C12H15N3O2S. The minimum atomic E-state index is -0.0580. The highest BCUT2D eigenvalue weighted by Gasteiger charge is 2.10. The third-order valence-corrected chi connectivity index (χ3v) is 3.38. The van der Waals surface area contributed by atoms with Crippen molar-refractivity contribution in [2.75, 3.05) is 19.5 Å². The Kier molecular flexibility index (Phi) is 3.78.